The largest absolute Gasteiger partial charge is 0.451 e. The summed E-state index contributed by atoms with van der Waals surface area (Å²) in [6.07, 6.45) is 1.99. The first-order valence-corrected chi connectivity index (χ1v) is 8.19. The number of hydrogen-bond acceptors (Lipinski definition) is 3. The fourth-order valence-electron chi connectivity index (χ4n) is 2.10. The maximum absolute atomic E-state index is 12.9. The number of carbonyl (C=O) groups excluding carboxylic acids is 1. The molecule has 116 valence electrons. The molecule has 2 aromatic carbocycles. The lowest BCUT2D eigenvalue weighted by Gasteiger charge is -2.04. The number of benzene rings is 2. The van der Waals surface area contributed by atoms with Crippen LogP contribution in [0.15, 0.2) is 70.0 Å². The van der Waals surface area contributed by atoms with Crippen LogP contribution < -0.4 is 5.32 Å². The van der Waals surface area contributed by atoms with Crippen LogP contribution >= 0.6 is 11.8 Å². The Balaban J connectivity index is 1.74. The molecular weight excluding hydrogens is 313 g/mol. The molecule has 0 aliphatic heterocycles. The van der Waals surface area contributed by atoms with E-state index in [9.17, 15) is 9.18 Å². The number of carbonyl (C=O) groups is 1. The maximum Gasteiger partial charge on any atom is 0.291 e. The number of amides is 1. The first kappa shape index (κ1) is 15.4. The van der Waals surface area contributed by atoms with E-state index in [1.165, 1.54) is 12.1 Å². The van der Waals surface area contributed by atoms with Crippen LogP contribution in [0.5, 0.6) is 0 Å². The van der Waals surface area contributed by atoms with E-state index < -0.39 is 0 Å². The van der Waals surface area contributed by atoms with Gasteiger partial charge in [0, 0.05) is 16.1 Å². The van der Waals surface area contributed by atoms with Gasteiger partial charge in [-0.2, -0.15) is 0 Å². The molecule has 0 aliphatic carbocycles. The Bertz CT molecular complexity index is 810. The number of hydrogen-bond donors (Lipinski definition) is 1. The molecule has 5 heteroatoms. The van der Waals surface area contributed by atoms with Crippen molar-refractivity contribution in [2.24, 2.45) is 0 Å². The van der Waals surface area contributed by atoms with Gasteiger partial charge in [0.25, 0.3) is 5.91 Å². The number of nitrogens with one attached hydrogen (secondary N) is 1. The molecule has 1 aromatic heterocycles. The van der Waals surface area contributed by atoms with Crippen LogP contribution in [0.4, 0.5) is 10.1 Å². The summed E-state index contributed by atoms with van der Waals surface area (Å²) in [6, 6.07) is 16.8. The van der Waals surface area contributed by atoms with Crippen LogP contribution in [-0.2, 0) is 0 Å². The topological polar surface area (TPSA) is 42.2 Å². The Hall–Kier alpha value is -2.53. The molecule has 0 spiro atoms. The number of furan rings is 1. The Morgan fingerprint density at radius 2 is 1.70 bits per heavy atom. The van der Waals surface area contributed by atoms with E-state index >= 15 is 0 Å². The van der Waals surface area contributed by atoms with E-state index in [2.05, 4.69) is 5.32 Å². The molecule has 0 saturated carbocycles. The highest BCUT2D eigenvalue weighted by Crippen LogP contribution is 2.23. The Labute approximate surface area is 137 Å². The third-order valence-corrected chi connectivity index (χ3v) is 4.05. The summed E-state index contributed by atoms with van der Waals surface area (Å²) in [5, 5.41) is 2.78. The highest BCUT2D eigenvalue weighted by atomic mass is 32.2. The Morgan fingerprint density at radius 3 is 2.35 bits per heavy atom. The van der Waals surface area contributed by atoms with Gasteiger partial charge in [-0.05, 0) is 66.9 Å². The van der Waals surface area contributed by atoms with Crippen LogP contribution in [-0.4, -0.2) is 12.2 Å². The van der Waals surface area contributed by atoms with Crippen LogP contribution in [0.3, 0.4) is 0 Å². The van der Waals surface area contributed by atoms with Gasteiger partial charge in [0.1, 0.15) is 11.6 Å². The van der Waals surface area contributed by atoms with Gasteiger partial charge in [0.2, 0.25) is 0 Å². The minimum Gasteiger partial charge on any atom is -0.451 e. The van der Waals surface area contributed by atoms with E-state index in [1.54, 1.807) is 36.0 Å². The number of rotatable bonds is 4. The highest BCUT2D eigenvalue weighted by molar-refractivity contribution is 7.98. The number of halogens is 1. The summed E-state index contributed by atoms with van der Waals surface area (Å²) in [5.74, 6) is 0.0911. The van der Waals surface area contributed by atoms with Crippen molar-refractivity contribution in [2.75, 3.05) is 11.6 Å². The molecule has 1 amide bonds. The van der Waals surface area contributed by atoms with Crippen LogP contribution in [0.2, 0.25) is 0 Å². The van der Waals surface area contributed by atoms with Crippen molar-refractivity contribution >= 4 is 23.4 Å². The van der Waals surface area contributed by atoms with E-state index in [4.69, 9.17) is 4.42 Å². The Morgan fingerprint density at radius 1 is 1.00 bits per heavy atom. The maximum atomic E-state index is 12.9. The van der Waals surface area contributed by atoms with Gasteiger partial charge >= 0.3 is 0 Å². The zero-order chi connectivity index (χ0) is 16.2. The second-order valence-electron chi connectivity index (χ2n) is 4.85. The minimum absolute atomic E-state index is 0.207. The molecule has 3 nitrogen and oxygen atoms in total. The van der Waals surface area contributed by atoms with Gasteiger partial charge in [-0.3, -0.25) is 4.79 Å². The van der Waals surface area contributed by atoms with Crippen LogP contribution in [0, 0.1) is 5.82 Å². The van der Waals surface area contributed by atoms with Gasteiger partial charge in [-0.1, -0.05) is 0 Å². The minimum atomic E-state index is -0.324. The molecule has 0 bridgehead atoms. The lowest BCUT2D eigenvalue weighted by Crippen LogP contribution is -2.10. The molecule has 1 N–H and O–H groups in total. The smallest absolute Gasteiger partial charge is 0.291 e. The third-order valence-electron chi connectivity index (χ3n) is 3.31. The van der Waals surface area contributed by atoms with Gasteiger partial charge in [0.05, 0.1) is 0 Å². The molecule has 1 heterocycles. The summed E-state index contributed by atoms with van der Waals surface area (Å²) in [4.78, 5) is 13.3. The predicted molar refractivity (Wildman–Crippen MR) is 90.3 cm³/mol. The SMILES string of the molecule is CSc1ccc(NC(=O)c2ccc(-c3ccc(F)cc3)o2)cc1. The zero-order valence-electron chi connectivity index (χ0n) is 12.4. The Kier molecular flexibility index (Phi) is 4.48. The summed E-state index contributed by atoms with van der Waals surface area (Å²) >= 11 is 1.64. The summed E-state index contributed by atoms with van der Waals surface area (Å²) in [7, 11) is 0. The third kappa shape index (κ3) is 3.63. The molecule has 0 radical (unpaired) electrons. The number of anilines is 1. The van der Waals surface area contributed by atoms with Crippen molar-refractivity contribution in [3.05, 3.63) is 72.2 Å². The van der Waals surface area contributed by atoms with Crippen LogP contribution in [0.1, 0.15) is 10.6 Å². The summed E-state index contributed by atoms with van der Waals surface area (Å²) in [5.41, 5.74) is 1.42. The van der Waals surface area contributed by atoms with Crippen molar-refractivity contribution in [1.29, 1.82) is 0 Å². The van der Waals surface area contributed by atoms with E-state index in [-0.39, 0.29) is 17.5 Å². The normalized spacial score (nSPS) is 10.5. The summed E-state index contributed by atoms with van der Waals surface area (Å²) in [6.45, 7) is 0. The summed E-state index contributed by atoms with van der Waals surface area (Å²) < 4.78 is 18.5. The fourth-order valence-corrected chi connectivity index (χ4v) is 2.50. The first-order valence-electron chi connectivity index (χ1n) is 6.97. The van der Waals surface area contributed by atoms with Crippen molar-refractivity contribution in [2.45, 2.75) is 4.90 Å². The van der Waals surface area contributed by atoms with Crippen molar-refractivity contribution in [1.82, 2.24) is 0 Å². The van der Waals surface area contributed by atoms with Gasteiger partial charge in [0.15, 0.2) is 5.76 Å². The molecule has 0 saturated heterocycles. The molecule has 23 heavy (non-hydrogen) atoms. The first-order chi connectivity index (χ1) is 11.2. The van der Waals surface area contributed by atoms with Crippen molar-refractivity contribution < 1.29 is 13.6 Å². The van der Waals surface area contributed by atoms with Gasteiger partial charge in [-0.15, -0.1) is 11.8 Å². The highest BCUT2D eigenvalue weighted by Gasteiger charge is 2.12. The molecule has 0 atom stereocenters. The van der Waals surface area contributed by atoms with E-state index in [1.807, 2.05) is 30.5 Å². The lowest BCUT2D eigenvalue weighted by molar-refractivity contribution is 0.0997. The van der Waals surface area contributed by atoms with Crippen molar-refractivity contribution in [3.63, 3.8) is 0 Å². The fraction of sp³-hybridized carbons (Fsp3) is 0.0556. The van der Waals surface area contributed by atoms with Gasteiger partial charge in [-0.25, -0.2) is 4.39 Å². The molecule has 3 aromatic rings. The quantitative estimate of drug-likeness (QED) is 0.681. The van der Waals surface area contributed by atoms with Gasteiger partial charge < -0.3 is 9.73 Å². The molecule has 0 fully saturated rings. The molecule has 0 unspecified atom stereocenters. The standard InChI is InChI=1S/C18H14FNO2S/c1-23-15-8-6-14(7-9-15)20-18(21)17-11-10-16(22-17)12-2-4-13(19)5-3-12/h2-11H,1H3,(H,20,21). The van der Waals surface area contributed by atoms with Crippen molar-refractivity contribution in [3.8, 4) is 11.3 Å². The zero-order valence-corrected chi connectivity index (χ0v) is 13.2. The average Bonchev–Trinajstić information content (AvgIpc) is 3.06. The van der Waals surface area contributed by atoms with E-state index in [0.717, 1.165) is 10.5 Å². The molecule has 0 aliphatic rings. The average molecular weight is 327 g/mol. The van der Waals surface area contributed by atoms with E-state index in [0.29, 0.717) is 11.4 Å². The lowest BCUT2D eigenvalue weighted by atomic mass is 10.2. The molecule has 3 rings (SSSR count). The predicted octanol–water partition coefficient (Wildman–Crippen LogP) is 5.06. The number of thioether (sulfide) groups is 1. The molecular formula is C18H14FNO2S. The van der Waals surface area contributed by atoms with Crippen LogP contribution in [0.25, 0.3) is 11.3 Å². The second kappa shape index (κ2) is 6.71. The monoisotopic (exact) mass is 327 g/mol. The second-order valence-corrected chi connectivity index (χ2v) is 5.73.